The highest BCUT2D eigenvalue weighted by molar-refractivity contribution is 14.1. The molecule has 0 aliphatic heterocycles. The average molecular weight is 317 g/mol. The molecule has 70 valence electrons. The molecule has 1 aromatic heterocycles. The largest absolute Gasteiger partial charge is 0.296 e. The van der Waals surface area contributed by atoms with Crippen LogP contribution in [0.15, 0.2) is 6.20 Å². The van der Waals surface area contributed by atoms with Crippen molar-refractivity contribution in [2.45, 2.75) is 6.43 Å². The molecule has 0 spiro atoms. The number of hydrogen-bond donors (Lipinski definition) is 0. The van der Waals surface area contributed by atoms with Crippen molar-refractivity contribution in [2.24, 2.45) is 0 Å². The zero-order valence-electron chi connectivity index (χ0n) is 6.10. The molecule has 0 bridgehead atoms. The number of carbonyl (C=O) groups is 1. The Kier molecular flexibility index (Phi) is 3.55. The van der Waals surface area contributed by atoms with Crippen molar-refractivity contribution < 1.29 is 13.6 Å². The van der Waals surface area contributed by atoms with Crippen LogP contribution in [0.25, 0.3) is 0 Å². The molecule has 0 saturated heterocycles. The molecule has 6 heteroatoms. The Labute approximate surface area is 91.4 Å². The maximum atomic E-state index is 12.3. The first-order valence-electron chi connectivity index (χ1n) is 3.15. The van der Waals surface area contributed by atoms with Gasteiger partial charge < -0.3 is 0 Å². The van der Waals surface area contributed by atoms with Gasteiger partial charge in [-0.15, -0.1) is 0 Å². The first-order valence-corrected chi connectivity index (χ1v) is 4.60. The number of hydrogen-bond acceptors (Lipinski definition) is 2. The van der Waals surface area contributed by atoms with Crippen LogP contribution in [0.1, 0.15) is 22.5 Å². The van der Waals surface area contributed by atoms with Gasteiger partial charge in [0.1, 0.15) is 5.69 Å². The molecule has 2 nitrogen and oxygen atoms in total. The monoisotopic (exact) mass is 317 g/mol. The van der Waals surface area contributed by atoms with Gasteiger partial charge in [-0.1, -0.05) is 11.6 Å². The fourth-order valence-corrected chi connectivity index (χ4v) is 1.58. The molecular formula is C7H3ClF2INO. The van der Waals surface area contributed by atoms with E-state index in [-0.39, 0.29) is 19.9 Å². The quantitative estimate of drug-likeness (QED) is 0.620. The van der Waals surface area contributed by atoms with Crippen LogP contribution < -0.4 is 0 Å². The summed E-state index contributed by atoms with van der Waals surface area (Å²) < 4.78 is 24.7. The van der Waals surface area contributed by atoms with Gasteiger partial charge in [-0.05, 0) is 22.6 Å². The Morgan fingerprint density at radius 1 is 1.62 bits per heavy atom. The van der Waals surface area contributed by atoms with Gasteiger partial charge >= 0.3 is 0 Å². The molecule has 0 aliphatic carbocycles. The van der Waals surface area contributed by atoms with Gasteiger partial charge in [0, 0.05) is 9.77 Å². The molecule has 0 atom stereocenters. The third kappa shape index (κ3) is 2.14. The van der Waals surface area contributed by atoms with Crippen molar-refractivity contribution in [1.29, 1.82) is 0 Å². The second kappa shape index (κ2) is 4.28. The molecule has 1 heterocycles. The molecule has 0 saturated carbocycles. The Morgan fingerprint density at radius 3 is 2.69 bits per heavy atom. The normalized spacial score (nSPS) is 10.5. The lowest BCUT2D eigenvalue weighted by Crippen LogP contribution is -1.97. The molecule has 0 aromatic carbocycles. The summed E-state index contributed by atoms with van der Waals surface area (Å²) in [5, 5.41) is -0.0200. The molecule has 1 rings (SSSR count). The van der Waals surface area contributed by atoms with Crippen LogP contribution in [0.3, 0.4) is 0 Å². The number of alkyl halides is 2. The van der Waals surface area contributed by atoms with Crippen LogP contribution in [-0.4, -0.2) is 11.3 Å². The summed E-state index contributed by atoms with van der Waals surface area (Å²) in [6.45, 7) is 0. The van der Waals surface area contributed by atoms with Gasteiger partial charge in [0.2, 0.25) is 0 Å². The SMILES string of the molecule is O=Cc1ncc(C(F)F)c(I)c1Cl. The van der Waals surface area contributed by atoms with Gasteiger partial charge in [0.15, 0.2) is 6.29 Å². The Balaban J connectivity index is 3.31. The summed E-state index contributed by atoms with van der Waals surface area (Å²) in [6, 6.07) is 0. The molecule has 0 N–H and O–H groups in total. The highest BCUT2D eigenvalue weighted by Crippen LogP contribution is 2.29. The Bertz CT molecular complexity index is 346. The third-order valence-electron chi connectivity index (χ3n) is 1.36. The number of pyridine rings is 1. The molecule has 0 amide bonds. The minimum Gasteiger partial charge on any atom is -0.296 e. The van der Waals surface area contributed by atoms with Gasteiger partial charge in [0.05, 0.1) is 10.6 Å². The molecule has 13 heavy (non-hydrogen) atoms. The summed E-state index contributed by atoms with van der Waals surface area (Å²) in [4.78, 5) is 13.8. The fourth-order valence-electron chi connectivity index (χ4n) is 0.726. The summed E-state index contributed by atoms with van der Waals surface area (Å²) in [6.07, 6.45) is -1.24. The number of nitrogens with zero attached hydrogens (tertiary/aromatic N) is 1. The summed E-state index contributed by atoms with van der Waals surface area (Å²) in [7, 11) is 0. The van der Waals surface area contributed by atoms with E-state index in [4.69, 9.17) is 11.6 Å². The van der Waals surface area contributed by atoms with Crippen molar-refractivity contribution >= 4 is 40.5 Å². The van der Waals surface area contributed by atoms with Crippen LogP contribution >= 0.6 is 34.2 Å². The third-order valence-corrected chi connectivity index (χ3v) is 3.22. The number of rotatable bonds is 2. The molecule has 0 radical (unpaired) electrons. The van der Waals surface area contributed by atoms with Gasteiger partial charge in [-0.2, -0.15) is 0 Å². The van der Waals surface area contributed by atoms with Crippen molar-refractivity contribution in [2.75, 3.05) is 0 Å². The Hall–Kier alpha value is -0.300. The van der Waals surface area contributed by atoms with Crippen molar-refractivity contribution in [3.8, 4) is 0 Å². The van der Waals surface area contributed by atoms with E-state index >= 15 is 0 Å². The van der Waals surface area contributed by atoms with E-state index in [0.29, 0.717) is 6.29 Å². The molecule has 1 aromatic rings. The van der Waals surface area contributed by atoms with Crippen LogP contribution in [-0.2, 0) is 0 Å². The van der Waals surface area contributed by atoms with E-state index in [1.807, 2.05) is 0 Å². The predicted molar refractivity (Wildman–Crippen MR) is 52.3 cm³/mol. The lowest BCUT2D eigenvalue weighted by Gasteiger charge is -2.05. The predicted octanol–water partition coefficient (Wildman–Crippen LogP) is 3.09. The van der Waals surface area contributed by atoms with E-state index in [0.717, 1.165) is 6.20 Å². The number of carbonyl (C=O) groups excluding carboxylic acids is 1. The van der Waals surface area contributed by atoms with Crippen molar-refractivity contribution in [3.05, 3.63) is 26.0 Å². The van der Waals surface area contributed by atoms with Gasteiger partial charge in [0.25, 0.3) is 6.43 Å². The van der Waals surface area contributed by atoms with Crippen LogP contribution in [0, 0.1) is 3.57 Å². The second-order valence-corrected chi connectivity index (χ2v) is 3.60. The fraction of sp³-hybridized carbons (Fsp3) is 0.143. The first kappa shape index (κ1) is 10.8. The summed E-state index contributed by atoms with van der Waals surface area (Å²) >= 11 is 7.27. The average Bonchev–Trinajstić information content (AvgIpc) is 2.09. The first-order chi connectivity index (χ1) is 6.07. The zero-order valence-corrected chi connectivity index (χ0v) is 9.01. The Morgan fingerprint density at radius 2 is 2.23 bits per heavy atom. The lowest BCUT2D eigenvalue weighted by molar-refractivity contribution is 0.111. The molecule has 0 aliphatic rings. The van der Waals surface area contributed by atoms with Gasteiger partial charge in [-0.25, -0.2) is 8.78 Å². The van der Waals surface area contributed by atoms with E-state index in [1.165, 1.54) is 0 Å². The maximum Gasteiger partial charge on any atom is 0.266 e. The van der Waals surface area contributed by atoms with E-state index in [2.05, 4.69) is 4.98 Å². The maximum absolute atomic E-state index is 12.3. The van der Waals surface area contributed by atoms with Crippen molar-refractivity contribution in [3.63, 3.8) is 0 Å². The van der Waals surface area contributed by atoms with E-state index < -0.39 is 6.43 Å². The molecule has 0 unspecified atom stereocenters. The van der Waals surface area contributed by atoms with E-state index in [9.17, 15) is 13.6 Å². The topological polar surface area (TPSA) is 30.0 Å². The zero-order chi connectivity index (χ0) is 10.0. The minimum atomic E-state index is -2.63. The second-order valence-electron chi connectivity index (χ2n) is 2.15. The van der Waals surface area contributed by atoms with Gasteiger partial charge in [-0.3, -0.25) is 9.78 Å². The lowest BCUT2D eigenvalue weighted by atomic mass is 10.2. The molecule has 0 fully saturated rings. The number of aromatic nitrogens is 1. The van der Waals surface area contributed by atoms with Crippen LogP contribution in [0.5, 0.6) is 0 Å². The highest BCUT2D eigenvalue weighted by Gasteiger charge is 2.16. The number of aldehydes is 1. The van der Waals surface area contributed by atoms with Crippen LogP contribution in [0.4, 0.5) is 8.78 Å². The minimum absolute atomic E-state index is 0.0181. The molecular weight excluding hydrogens is 314 g/mol. The summed E-state index contributed by atoms with van der Waals surface area (Å²) in [5.41, 5.74) is -0.272. The number of halogens is 4. The summed E-state index contributed by atoms with van der Waals surface area (Å²) in [5.74, 6) is 0. The van der Waals surface area contributed by atoms with Crippen molar-refractivity contribution in [1.82, 2.24) is 4.98 Å². The highest BCUT2D eigenvalue weighted by atomic mass is 127. The van der Waals surface area contributed by atoms with E-state index in [1.54, 1.807) is 22.6 Å². The standard InChI is InChI=1S/C7H3ClF2INO/c8-5-4(2-13)12-1-3(6(5)11)7(9)10/h1-2,7H. The smallest absolute Gasteiger partial charge is 0.266 e. The van der Waals surface area contributed by atoms with Crippen LogP contribution in [0.2, 0.25) is 5.02 Å².